The third kappa shape index (κ3) is 5.38. The third-order valence-electron chi connectivity index (χ3n) is 3.64. The summed E-state index contributed by atoms with van der Waals surface area (Å²) >= 11 is 0. The van der Waals surface area contributed by atoms with E-state index in [1.165, 1.54) is 12.7 Å². The van der Waals surface area contributed by atoms with Crippen LogP contribution in [0.5, 0.6) is 5.75 Å². The lowest BCUT2D eigenvalue weighted by molar-refractivity contribution is -0.143. The smallest absolute Gasteiger partial charge is 0.322 e. The van der Waals surface area contributed by atoms with Crippen molar-refractivity contribution < 1.29 is 14.3 Å². The standard InChI is InChI=1S/C17H25NO3/c1-3-4-13-5-9-15(10-6-13)21-12-11-16(17(19)20-2)18-14-7-8-14/h5-6,9-10,14,16,18H,3-4,7-8,11-12H2,1-2H3. The third-order valence-corrected chi connectivity index (χ3v) is 3.64. The number of carbonyl (C=O) groups excluding carboxylic acids is 1. The summed E-state index contributed by atoms with van der Waals surface area (Å²) in [6.07, 6.45) is 5.16. The summed E-state index contributed by atoms with van der Waals surface area (Å²) in [6, 6.07) is 8.39. The van der Waals surface area contributed by atoms with E-state index < -0.39 is 0 Å². The molecule has 0 bridgehead atoms. The molecule has 1 N–H and O–H groups in total. The number of aryl methyl sites for hydroxylation is 1. The van der Waals surface area contributed by atoms with Gasteiger partial charge < -0.3 is 14.8 Å². The van der Waals surface area contributed by atoms with Crippen LogP contribution >= 0.6 is 0 Å². The highest BCUT2D eigenvalue weighted by atomic mass is 16.5. The van der Waals surface area contributed by atoms with Crippen molar-refractivity contribution in [1.29, 1.82) is 0 Å². The Hall–Kier alpha value is -1.55. The van der Waals surface area contributed by atoms with E-state index >= 15 is 0 Å². The normalized spacial score (nSPS) is 15.5. The SMILES string of the molecule is CCCc1ccc(OCCC(NC2CC2)C(=O)OC)cc1. The molecule has 1 unspecified atom stereocenters. The molecule has 0 amide bonds. The number of rotatable bonds is 9. The number of esters is 1. The number of hydrogen-bond acceptors (Lipinski definition) is 4. The number of benzene rings is 1. The number of hydrogen-bond donors (Lipinski definition) is 1. The fourth-order valence-electron chi connectivity index (χ4n) is 2.28. The Morgan fingerprint density at radius 3 is 2.62 bits per heavy atom. The molecule has 1 saturated carbocycles. The first kappa shape index (κ1) is 15.8. The second kappa shape index (κ2) is 8.03. The minimum absolute atomic E-state index is 0.205. The Balaban J connectivity index is 1.76. The van der Waals surface area contributed by atoms with E-state index in [9.17, 15) is 4.79 Å². The van der Waals surface area contributed by atoms with Gasteiger partial charge in [-0.25, -0.2) is 0 Å². The predicted octanol–water partition coefficient (Wildman–Crippen LogP) is 2.70. The average Bonchev–Trinajstić information content (AvgIpc) is 3.31. The molecule has 0 spiro atoms. The first-order valence-electron chi connectivity index (χ1n) is 7.78. The zero-order chi connectivity index (χ0) is 15.1. The van der Waals surface area contributed by atoms with Crippen molar-refractivity contribution in [2.45, 2.75) is 51.1 Å². The Labute approximate surface area is 126 Å². The molecule has 1 aliphatic carbocycles. The van der Waals surface area contributed by atoms with E-state index in [0.29, 0.717) is 19.1 Å². The minimum atomic E-state index is -0.262. The molecule has 1 aromatic rings. The van der Waals surface area contributed by atoms with Crippen molar-refractivity contribution in [1.82, 2.24) is 5.32 Å². The zero-order valence-corrected chi connectivity index (χ0v) is 12.9. The lowest BCUT2D eigenvalue weighted by atomic mass is 10.1. The topological polar surface area (TPSA) is 47.6 Å². The maximum absolute atomic E-state index is 11.7. The first-order chi connectivity index (χ1) is 10.2. The summed E-state index contributed by atoms with van der Waals surface area (Å²) < 4.78 is 10.5. The molecule has 4 heteroatoms. The number of nitrogens with one attached hydrogen (secondary N) is 1. The van der Waals surface area contributed by atoms with E-state index in [2.05, 4.69) is 24.4 Å². The van der Waals surface area contributed by atoms with Crippen LogP contribution < -0.4 is 10.1 Å². The molecule has 2 rings (SSSR count). The zero-order valence-electron chi connectivity index (χ0n) is 12.9. The van der Waals surface area contributed by atoms with Crippen LogP contribution in [0.4, 0.5) is 0 Å². The van der Waals surface area contributed by atoms with Crippen LogP contribution in [0.2, 0.25) is 0 Å². The minimum Gasteiger partial charge on any atom is -0.494 e. The number of ether oxygens (including phenoxy) is 2. The van der Waals surface area contributed by atoms with E-state index in [-0.39, 0.29) is 12.0 Å². The number of methoxy groups -OCH3 is 1. The van der Waals surface area contributed by atoms with Gasteiger partial charge in [-0.05, 0) is 37.0 Å². The van der Waals surface area contributed by atoms with Crippen LogP contribution in [0.25, 0.3) is 0 Å². The molecular formula is C17H25NO3. The molecule has 0 aromatic heterocycles. The Bertz CT molecular complexity index is 440. The number of carbonyl (C=O) groups is 1. The Kier molecular flexibility index (Phi) is 6.05. The van der Waals surface area contributed by atoms with Crippen LogP contribution in [0.1, 0.15) is 38.2 Å². The molecule has 0 aliphatic heterocycles. The summed E-state index contributed by atoms with van der Waals surface area (Å²) in [7, 11) is 1.43. The first-order valence-corrected chi connectivity index (χ1v) is 7.78. The fraction of sp³-hybridized carbons (Fsp3) is 0.588. The molecule has 1 aliphatic rings. The highest BCUT2D eigenvalue weighted by Crippen LogP contribution is 2.20. The molecule has 1 aromatic carbocycles. The van der Waals surface area contributed by atoms with Gasteiger partial charge in [-0.3, -0.25) is 4.79 Å². The molecule has 21 heavy (non-hydrogen) atoms. The van der Waals surface area contributed by atoms with E-state index in [1.54, 1.807) is 0 Å². The van der Waals surface area contributed by atoms with Crippen LogP contribution in [0.3, 0.4) is 0 Å². The monoisotopic (exact) mass is 291 g/mol. The van der Waals surface area contributed by atoms with Crippen LogP contribution in [-0.4, -0.2) is 31.8 Å². The molecule has 0 saturated heterocycles. The lowest BCUT2D eigenvalue weighted by Gasteiger charge is -2.16. The molecular weight excluding hydrogens is 266 g/mol. The van der Waals surface area contributed by atoms with Crippen molar-refractivity contribution in [3.05, 3.63) is 29.8 Å². The van der Waals surface area contributed by atoms with Gasteiger partial charge in [0.2, 0.25) is 0 Å². The summed E-state index contributed by atoms with van der Waals surface area (Å²) in [4.78, 5) is 11.7. The Morgan fingerprint density at radius 2 is 2.05 bits per heavy atom. The van der Waals surface area contributed by atoms with Gasteiger partial charge in [-0.2, -0.15) is 0 Å². The summed E-state index contributed by atoms with van der Waals surface area (Å²) in [5.74, 6) is 0.647. The van der Waals surface area contributed by atoms with Crippen LogP contribution in [0, 0.1) is 0 Å². The van der Waals surface area contributed by atoms with Gasteiger partial charge in [0.15, 0.2) is 0 Å². The van der Waals surface area contributed by atoms with Crippen molar-refractivity contribution in [3.8, 4) is 5.75 Å². The van der Waals surface area contributed by atoms with Gasteiger partial charge >= 0.3 is 5.97 Å². The second-order valence-corrected chi connectivity index (χ2v) is 5.55. The van der Waals surface area contributed by atoms with Gasteiger partial charge in [-0.1, -0.05) is 25.5 Å². The van der Waals surface area contributed by atoms with E-state index in [1.807, 2.05) is 12.1 Å². The summed E-state index contributed by atoms with van der Waals surface area (Å²) in [6.45, 7) is 2.68. The van der Waals surface area contributed by atoms with Crippen LogP contribution in [0.15, 0.2) is 24.3 Å². The van der Waals surface area contributed by atoms with Crippen LogP contribution in [-0.2, 0) is 16.0 Å². The molecule has 116 valence electrons. The van der Waals surface area contributed by atoms with Gasteiger partial charge in [0.1, 0.15) is 11.8 Å². The molecule has 1 atom stereocenters. The largest absolute Gasteiger partial charge is 0.494 e. The van der Waals surface area contributed by atoms with Gasteiger partial charge in [0, 0.05) is 12.5 Å². The highest BCUT2D eigenvalue weighted by Gasteiger charge is 2.28. The molecule has 1 fully saturated rings. The van der Waals surface area contributed by atoms with E-state index in [0.717, 1.165) is 31.4 Å². The van der Waals surface area contributed by atoms with Crippen molar-refractivity contribution in [2.24, 2.45) is 0 Å². The van der Waals surface area contributed by atoms with E-state index in [4.69, 9.17) is 9.47 Å². The highest BCUT2D eigenvalue weighted by molar-refractivity contribution is 5.75. The summed E-state index contributed by atoms with van der Waals surface area (Å²) in [5, 5.41) is 3.30. The second-order valence-electron chi connectivity index (χ2n) is 5.55. The van der Waals surface area contributed by atoms with Gasteiger partial charge in [-0.15, -0.1) is 0 Å². The van der Waals surface area contributed by atoms with Crippen molar-refractivity contribution >= 4 is 5.97 Å². The van der Waals surface area contributed by atoms with Crippen molar-refractivity contribution in [3.63, 3.8) is 0 Å². The maximum atomic E-state index is 11.7. The quantitative estimate of drug-likeness (QED) is 0.711. The van der Waals surface area contributed by atoms with Gasteiger partial charge in [0.05, 0.1) is 13.7 Å². The lowest BCUT2D eigenvalue weighted by Crippen LogP contribution is -2.40. The maximum Gasteiger partial charge on any atom is 0.322 e. The Morgan fingerprint density at radius 1 is 1.33 bits per heavy atom. The fourth-order valence-corrected chi connectivity index (χ4v) is 2.28. The molecule has 0 heterocycles. The average molecular weight is 291 g/mol. The summed E-state index contributed by atoms with van der Waals surface area (Å²) in [5.41, 5.74) is 1.33. The predicted molar refractivity (Wildman–Crippen MR) is 82.5 cm³/mol. The van der Waals surface area contributed by atoms with Crippen molar-refractivity contribution in [2.75, 3.05) is 13.7 Å². The molecule has 4 nitrogen and oxygen atoms in total. The molecule has 0 radical (unpaired) electrons. The van der Waals surface area contributed by atoms with Gasteiger partial charge in [0.25, 0.3) is 0 Å².